The van der Waals surface area contributed by atoms with Crippen molar-refractivity contribution in [3.05, 3.63) is 24.3 Å². The van der Waals surface area contributed by atoms with Crippen molar-refractivity contribution in [2.75, 3.05) is 80.0 Å². The number of ether oxygens (including phenoxy) is 4. The van der Waals surface area contributed by atoms with Crippen molar-refractivity contribution >= 4 is 35.8 Å². The van der Waals surface area contributed by atoms with E-state index in [1.54, 1.807) is 20.4 Å². The Morgan fingerprint density at radius 2 is 1.36 bits per heavy atom. The van der Waals surface area contributed by atoms with Gasteiger partial charge in [-0.1, -0.05) is 0 Å². The zero-order valence-corrected chi connectivity index (χ0v) is 26.1. The number of amides is 5. The lowest BCUT2D eigenvalue weighted by molar-refractivity contribution is -0.138. The van der Waals surface area contributed by atoms with Crippen molar-refractivity contribution in [2.24, 2.45) is 10.4 Å². The first-order valence-corrected chi connectivity index (χ1v) is 15.3. The van der Waals surface area contributed by atoms with Gasteiger partial charge in [-0.3, -0.25) is 38.8 Å². The number of carbonyl (C=O) groups excluding carboxylic acids is 5. The molecule has 0 aromatic carbocycles. The molecule has 2 rings (SSSR count). The van der Waals surface area contributed by atoms with Crippen LogP contribution in [-0.4, -0.2) is 126 Å². The normalized spacial score (nSPS) is 15.1. The van der Waals surface area contributed by atoms with Gasteiger partial charge in [-0.15, -0.1) is 0 Å². The standard InChI is InChI=1S/C31H48N4O9/c1-41-22-13-31(14-23-42-2,25-44-20-4-3-15-32-16-6-18-34-27(37)7-8-28(34)38)12-5-21-43-24-17-33-26(36)11-19-35-29(39)9-10-30(35)40/h7-10,16H,3-6,11-15,17-25H2,1-2H3,(H,33,36). The number of methoxy groups -OCH3 is 2. The lowest BCUT2D eigenvalue weighted by Crippen LogP contribution is -2.35. The van der Waals surface area contributed by atoms with Crippen LogP contribution >= 0.6 is 0 Å². The lowest BCUT2D eigenvalue weighted by atomic mass is 9.78. The predicted molar refractivity (Wildman–Crippen MR) is 163 cm³/mol. The van der Waals surface area contributed by atoms with Gasteiger partial charge in [-0.05, 0) is 43.9 Å². The molecular formula is C31H48N4O9. The summed E-state index contributed by atoms with van der Waals surface area (Å²) in [4.78, 5) is 64.8. The van der Waals surface area contributed by atoms with Crippen LogP contribution < -0.4 is 5.32 Å². The minimum Gasteiger partial charge on any atom is -0.385 e. The molecule has 0 unspecified atom stereocenters. The summed E-state index contributed by atoms with van der Waals surface area (Å²) >= 11 is 0. The number of nitrogens with one attached hydrogen (secondary N) is 1. The molecule has 0 saturated heterocycles. The van der Waals surface area contributed by atoms with Crippen LogP contribution in [0.2, 0.25) is 0 Å². The third kappa shape index (κ3) is 14.0. The Balaban J connectivity index is 1.60. The first-order valence-electron chi connectivity index (χ1n) is 15.3. The van der Waals surface area contributed by atoms with Crippen molar-refractivity contribution in [3.63, 3.8) is 0 Å². The number of imide groups is 2. The summed E-state index contributed by atoms with van der Waals surface area (Å²) in [6.45, 7) is 4.74. The number of hydrogen-bond donors (Lipinski definition) is 1. The fourth-order valence-electron chi connectivity index (χ4n) is 4.81. The number of nitrogens with zero attached hydrogens (tertiary/aromatic N) is 3. The average molecular weight is 621 g/mol. The Labute approximate surface area is 260 Å². The molecule has 5 amide bonds. The number of rotatable bonds is 26. The van der Waals surface area contributed by atoms with Gasteiger partial charge in [-0.25, -0.2) is 0 Å². The molecule has 0 bridgehead atoms. The summed E-state index contributed by atoms with van der Waals surface area (Å²) in [5.74, 6) is -1.58. The number of aliphatic imine (C=N–C) groups is 1. The molecule has 0 aromatic rings. The predicted octanol–water partition coefficient (Wildman–Crippen LogP) is 1.46. The first-order chi connectivity index (χ1) is 21.3. The molecule has 0 saturated carbocycles. The zero-order chi connectivity index (χ0) is 32.0. The monoisotopic (exact) mass is 620 g/mol. The summed E-state index contributed by atoms with van der Waals surface area (Å²) < 4.78 is 22.6. The fourth-order valence-corrected chi connectivity index (χ4v) is 4.81. The van der Waals surface area contributed by atoms with Crippen molar-refractivity contribution in [3.8, 4) is 0 Å². The van der Waals surface area contributed by atoms with Crippen LogP contribution in [0, 0.1) is 5.41 Å². The molecule has 0 aliphatic carbocycles. The van der Waals surface area contributed by atoms with E-state index in [0.717, 1.165) is 43.4 Å². The van der Waals surface area contributed by atoms with Crippen LogP contribution in [0.25, 0.3) is 0 Å². The maximum atomic E-state index is 12.0. The highest BCUT2D eigenvalue weighted by atomic mass is 16.5. The van der Waals surface area contributed by atoms with Gasteiger partial charge in [0.1, 0.15) is 0 Å². The number of hydrogen-bond acceptors (Lipinski definition) is 10. The molecular weight excluding hydrogens is 572 g/mol. The van der Waals surface area contributed by atoms with E-state index in [1.165, 1.54) is 29.2 Å². The maximum Gasteiger partial charge on any atom is 0.253 e. The minimum atomic E-state index is -0.395. The van der Waals surface area contributed by atoms with Crippen molar-refractivity contribution in [2.45, 2.75) is 51.4 Å². The second-order valence-corrected chi connectivity index (χ2v) is 10.8. The molecule has 0 spiro atoms. The van der Waals surface area contributed by atoms with Gasteiger partial charge in [0.05, 0.1) is 13.2 Å². The zero-order valence-electron chi connectivity index (χ0n) is 26.1. The first kappa shape index (κ1) is 36.9. The molecule has 0 radical (unpaired) electrons. The van der Waals surface area contributed by atoms with Gasteiger partial charge in [0, 0.05) is 110 Å². The Morgan fingerprint density at radius 1 is 0.773 bits per heavy atom. The van der Waals surface area contributed by atoms with Gasteiger partial charge >= 0.3 is 0 Å². The second-order valence-electron chi connectivity index (χ2n) is 10.8. The lowest BCUT2D eigenvalue weighted by Gasteiger charge is -2.33. The van der Waals surface area contributed by atoms with E-state index in [4.69, 9.17) is 18.9 Å². The molecule has 13 nitrogen and oxygen atoms in total. The van der Waals surface area contributed by atoms with Gasteiger partial charge in [0.25, 0.3) is 23.6 Å². The summed E-state index contributed by atoms with van der Waals surface area (Å²) in [7, 11) is 3.38. The Bertz CT molecular complexity index is 984. The van der Waals surface area contributed by atoms with Gasteiger partial charge in [0.15, 0.2) is 0 Å². The van der Waals surface area contributed by atoms with E-state index in [9.17, 15) is 24.0 Å². The summed E-state index contributed by atoms with van der Waals surface area (Å²) in [5.41, 5.74) is -0.111. The molecule has 2 aliphatic rings. The largest absolute Gasteiger partial charge is 0.385 e. The fraction of sp³-hybridized carbons (Fsp3) is 0.677. The van der Waals surface area contributed by atoms with Gasteiger partial charge < -0.3 is 24.3 Å². The second kappa shape index (κ2) is 21.4. The van der Waals surface area contributed by atoms with Crippen molar-refractivity contribution in [1.82, 2.24) is 15.1 Å². The summed E-state index contributed by atoms with van der Waals surface area (Å²) in [6, 6.07) is 0. The highest BCUT2D eigenvalue weighted by Gasteiger charge is 2.30. The van der Waals surface area contributed by atoms with Crippen LogP contribution in [-0.2, 0) is 42.9 Å². The van der Waals surface area contributed by atoms with Gasteiger partial charge in [0.2, 0.25) is 5.91 Å². The molecule has 0 atom stereocenters. The molecule has 246 valence electrons. The third-order valence-electron chi connectivity index (χ3n) is 7.45. The highest BCUT2D eigenvalue weighted by molar-refractivity contribution is 6.13. The average Bonchev–Trinajstić information content (AvgIpc) is 3.51. The Kier molecular flexibility index (Phi) is 18.0. The summed E-state index contributed by atoms with van der Waals surface area (Å²) in [5, 5.41) is 2.75. The van der Waals surface area contributed by atoms with E-state index in [-0.39, 0.29) is 36.1 Å². The molecule has 13 heteroatoms. The third-order valence-corrected chi connectivity index (χ3v) is 7.45. The van der Waals surface area contributed by atoms with E-state index in [1.807, 2.05) is 0 Å². The molecule has 44 heavy (non-hydrogen) atoms. The van der Waals surface area contributed by atoms with Crippen molar-refractivity contribution in [1.29, 1.82) is 0 Å². The van der Waals surface area contributed by atoms with Crippen LogP contribution in [0.3, 0.4) is 0 Å². The topological polar surface area (TPSA) is 153 Å². The number of unbranched alkanes of at least 4 members (excludes halogenated alkanes) is 1. The molecule has 2 aliphatic heterocycles. The van der Waals surface area contributed by atoms with Crippen LogP contribution in [0.1, 0.15) is 51.4 Å². The van der Waals surface area contributed by atoms with E-state index in [2.05, 4.69) is 10.3 Å². The van der Waals surface area contributed by atoms with Crippen LogP contribution in [0.5, 0.6) is 0 Å². The van der Waals surface area contributed by atoms with E-state index >= 15 is 0 Å². The minimum absolute atomic E-state index is 0.0528. The van der Waals surface area contributed by atoms with E-state index < -0.39 is 11.8 Å². The SMILES string of the molecule is COCCC(CCCOCCNC(=O)CCN1C(=O)C=CC1=O)(CCOC)COCCCCN=CCCN1C(=O)C=CC1=O. The Morgan fingerprint density at radius 3 is 1.98 bits per heavy atom. The molecule has 1 N–H and O–H groups in total. The van der Waals surface area contributed by atoms with Gasteiger partial charge in [-0.2, -0.15) is 0 Å². The number of carbonyl (C=O) groups is 5. The maximum absolute atomic E-state index is 12.0. The molecule has 0 aromatic heterocycles. The molecule has 0 fully saturated rings. The van der Waals surface area contributed by atoms with Crippen LogP contribution in [0.15, 0.2) is 29.3 Å². The Hall–Kier alpha value is -3.26. The summed E-state index contributed by atoms with van der Waals surface area (Å²) in [6.07, 6.45) is 12.4. The smallest absolute Gasteiger partial charge is 0.253 e. The van der Waals surface area contributed by atoms with Crippen LogP contribution in [0.4, 0.5) is 0 Å². The molecule has 2 heterocycles. The highest BCUT2D eigenvalue weighted by Crippen LogP contribution is 2.33. The van der Waals surface area contributed by atoms with E-state index in [0.29, 0.717) is 65.7 Å². The quantitative estimate of drug-likeness (QED) is 0.0860. The van der Waals surface area contributed by atoms with Crippen molar-refractivity contribution < 1.29 is 42.9 Å².